The molecule has 5 heteroatoms. The van der Waals surface area contributed by atoms with Crippen molar-refractivity contribution in [3.05, 3.63) is 28.0 Å². The lowest BCUT2D eigenvalue weighted by molar-refractivity contribution is -0.0169. The van der Waals surface area contributed by atoms with Gasteiger partial charge in [-0.15, -0.1) is 0 Å². The quantitative estimate of drug-likeness (QED) is 0.710. The van der Waals surface area contributed by atoms with Crippen molar-refractivity contribution in [3.8, 4) is 5.75 Å². The number of phenolic OH excluding ortho intramolecular Hbond substituents is 1. The van der Waals surface area contributed by atoms with E-state index in [1.54, 1.807) is 0 Å². The van der Waals surface area contributed by atoms with Gasteiger partial charge < -0.3 is 15.5 Å². The summed E-state index contributed by atoms with van der Waals surface area (Å²) >= 11 is 3.11. The van der Waals surface area contributed by atoms with Crippen LogP contribution in [-0.2, 0) is 5.60 Å². The number of halogens is 2. The zero-order valence-electron chi connectivity index (χ0n) is 7.22. The first-order valence-corrected chi connectivity index (χ1v) is 4.94. The zero-order valence-corrected chi connectivity index (χ0v) is 8.81. The molecule has 0 radical (unpaired) electrons. The van der Waals surface area contributed by atoms with Gasteiger partial charge in [-0.1, -0.05) is 15.9 Å². The Kier molecular flexibility index (Phi) is 2.25. The van der Waals surface area contributed by atoms with Crippen LogP contribution in [0.25, 0.3) is 0 Å². The first-order valence-electron chi connectivity index (χ1n) is 4.14. The van der Waals surface area contributed by atoms with Gasteiger partial charge in [-0.25, -0.2) is 4.39 Å². The molecule has 1 heterocycles. The average molecular weight is 262 g/mol. The minimum absolute atomic E-state index is 0.225. The molecule has 14 heavy (non-hydrogen) atoms. The third-order valence-electron chi connectivity index (χ3n) is 2.36. The fourth-order valence-corrected chi connectivity index (χ4v) is 1.90. The third-order valence-corrected chi connectivity index (χ3v) is 2.82. The van der Waals surface area contributed by atoms with Gasteiger partial charge in [-0.2, -0.15) is 0 Å². The molecule has 1 aromatic carbocycles. The van der Waals surface area contributed by atoms with Crippen LogP contribution < -0.4 is 5.32 Å². The second-order valence-corrected chi connectivity index (χ2v) is 4.33. The predicted molar refractivity (Wildman–Crippen MR) is 52.5 cm³/mol. The van der Waals surface area contributed by atoms with Crippen LogP contribution in [0.3, 0.4) is 0 Å². The Hall–Kier alpha value is -0.650. The smallest absolute Gasteiger partial charge is 0.166 e. The van der Waals surface area contributed by atoms with Crippen molar-refractivity contribution in [2.75, 3.05) is 13.1 Å². The lowest BCUT2D eigenvalue weighted by Crippen LogP contribution is -2.56. The number of hydrogen-bond donors (Lipinski definition) is 3. The Balaban J connectivity index is 2.51. The molecule has 0 aromatic heterocycles. The summed E-state index contributed by atoms with van der Waals surface area (Å²) in [6.45, 7) is 0.660. The fraction of sp³-hybridized carbons (Fsp3) is 0.333. The number of aromatic hydroxyl groups is 1. The highest BCUT2D eigenvalue weighted by Gasteiger charge is 2.39. The lowest BCUT2D eigenvalue weighted by atomic mass is 9.87. The number of aliphatic hydroxyl groups is 1. The molecule has 0 spiro atoms. The number of phenols is 1. The van der Waals surface area contributed by atoms with Gasteiger partial charge in [0.05, 0.1) is 0 Å². The SMILES string of the molecule is Oc1c(F)cc(Br)cc1C1(O)CNC1. The lowest BCUT2D eigenvalue weighted by Gasteiger charge is -2.38. The van der Waals surface area contributed by atoms with Crippen LogP contribution in [0.1, 0.15) is 5.56 Å². The zero-order chi connectivity index (χ0) is 10.3. The summed E-state index contributed by atoms with van der Waals surface area (Å²) in [5.74, 6) is -1.20. The summed E-state index contributed by atoms with van der Waals surface area (Å²) in [5.41, 5.74) is -0.919. The second-order valence-electron chi connectivity index (χ2n) is 3.42. The highest BCUT2D eigenvalue weighted by atomic mass is 79.9. The molecule has 3 nitrogen and oxygen atoms in total. The summed E-state index contributed by atoms with van der Waals surface area (Å²) in [5, 5.41) is 22.2. The summed E-state index contributed by atoms with van der Waals surface area (Å²) in [7, 11) is 0. The Bertz CT molecular complexity index is 379. The van der Waals surface area contributed by atoms with Gasteiger partial charge in [0, 0.05) is 23.1 Å². The van der Waals surface area contributed by atoms with Gasteiger partial charge in [0.25, 0.3) is 0 Å². The first kappa shape index (κ1) is 9.89. The van der Waals surface area contributed by atoms with Crippen LogP contribution in [0.5, 0.6) is 5.75 Å². The van der Waals surface area contributed by atoms with E-state index in [4.69, 9.17) is 0 Å². The Morgan fingerprint density at radius 1 is 1.43 bits per heavy atom. The summed E-state index contributed by atoms with van der Waals surface area (Å²) in [6, 6.07) is 2.69. The van der Waals surface area contributed by atoms with E-state index < -0.39 is 17.2 Å². The van der Waals surface area contributed by atoms with Crippen LogP contribution in [0.4, 0.5) is 4.39 Å². The number of nitrogens with one attached hydrogen (secondary N) is 1. The average Bonchev–Trinajstić information content (AvgIpc) is 2.07. The molecule has 76 valence electrons. The van der Waals surface area contributed by atoms with Crippen molar-refractivity contribution in [2.45, 2.75) is 5.60 Å². The highest BCUT2D eigenvalue weighted by Crippen LogP contribution is 2.36. The van der Waals surface area contributed by atoms with Crippen LogP contribution in [0.2, 0.25) is 0 Å². The molecule has 0 amide bonds. The van der Waals surface area contributed by atoms with E-state index in [0.29, 0.717) is 17.6 Å². The monoisotopic (exact) mass is 261 g/mol. The second kappa shape index (κ2) is 3.18. The molecular formula is C9H9BrFNO2. The molecule has 0 atom stereocenters. The van der Waals surface area contributed by atoms with E-state index in [1.165, 1.54) is 6.07 Å². The van der Waals surface area contributed by atoms with E-state index in [9.17, 15) is 14.6 Å². The highest BCUT2D eigenvalue weighted by molar-refractivity contribution is 9.10. The van der Waals surface area contributed by atoms with E-state index in [-0.39, 0.29) is 5.56 Å². The molecular weight excluding hydrogens is 253 g/mol. The van der Waals surface area contributed by atoms with Crippen molar-refractivity contribution >= 4 is 15.9 Å². The van der Waals surface area contributed by atoms with Crippen molar-refractivity contribution in [1.82, 2.24) is 5.32 Å². The molecule has 1 aromatic rings. The summed E-state index contributed by atoms with van der Waals surface area (Å²) < 4.78 is 13.6. The van der Waals surface area contributed by atoms with Gasteiger partial charge in [-0.05, 0) is 12.1 Å². The molecule has 1 saturated heterocycles. The molecule has 0 aliphatic carbocycles. The predicted octanol–water partition coefficient (Wildman–Crippen LogP) is 1.08. The molecule has 1 fully saturated rings. The van der Waals surface area contributed by atoms with Crippen molar-refractivity contribution in [1.29, 1.82) is 0 Å². The first-order chi connectivity index (χ1) is 6.53. The molecule has 0 unspecified atom stereocenters. The number of β-amino-alcohol motifs (C(OH)–C–C–N with tert-alkyl or cyclic N) is 1. The summed E-state index contributed by atoms with van der Waals surface area (Å²) in [4.78, 5) is 0. The van der Waals surface area contributed by atoms with Crippen molar-refractivity contribution < 1.29 is 14.6 Å². The number of benzene rings is 1. The number of rotatable bonds is 1. The Morgan fingerprint density at radius 3 is 2.57 bits per heavy atom. The molecule has 0 saturated carbocycles. The minimum atomic E-state index is -1.14. The normalized spacial score (nSPS) is 19.1. The molecule has 1 aliphatic rings. The van der Waals surface area contributed by atoms with Gasteiger partial charge >= 0.3 is 0 Å². The van der Waals surface area contributed by atoms with E-state index in [2.05, 4.69) is 21.2 Å². The fourth-order valence-electron chi connectivity index (χ4n) is 1.47. The maximum absolute atomic E-state index is 13.1. The largest absolute Gasteiger partial charge is 0.505 e. The molecule has 2 rings (SSSR count). The van der Waals surface area contributed by atoms with Crippen LogP contribution in [-0.4, -0.2) is 23.3 Å². The van der Waals surface area contributed by atoms with Crippen LogP contribution in [0.15, 0.2) is 16.6 Å². The van der Waals surface area contributed by atoms with Gasteiger partial charge in [0.2, 0.25) is 0 Å². The topological polar surface area (TPSA) is 52.5 Å². The van der Waals surface area contributed by atoms with E-state index >= 15 is 0 Å². The van der Waals surface area contributed by atoms with Crippen molar-refractivity contribution in [2.24, 2.45) is 0 Å². The Labute approximate surface area is 88.7 Å². The van der Waals surface area contributed by atoms with Crippen molar-refractivity contribution in [3.63, 3.8) is 0 Å². The third kappa shape index (κ3) is 1.41. The maximum atomic E-state index is 13.1. The van der Waals surface area contributed by atoms with Gasteiger partial charge in [0.1, 0.15) is 5.60 Å². The van der Waals surface area contributed by atoms with Crippen LogP contribution in [0, 0.1) is 5.82 Å². The van der Waals surface area contributed by atoms with Gasteiger partial charge in [-0.3, -0.25) is 0 Å². The van der Waals surface area contributed by atoms with E-state index in [1.807, 2.05) is 0 Å². The Morgan fingerprint density at radius 2 is 2.07 bits per heavy atom. The van der Waals surface area contributed by atoms with E-state index in [0.717, 1.165) is 6.07 Å². The standard InChI is InChI=1S/C9H9BrFNO2/c10-5-1-6(8(13)7(11)2-5)9(14)3-12-4-9/h1-2,12-14H,3-4H2. The van der Waals surface area contributed by atoms with Crippen LogP contribution >= 0.6 is 15.9 Å². The molecule has 1 aliphatic heterocycles. The summed E-state index contributed by atoms with van der Waals surface area (Å²) in [6.07, 6.45) is 0. The molecule has 0 bridgehead atoms. The minimum Gasteiger partial charge on any atom is -0.505 e. The van der Waals surface area contributed by atoms with Gasteiger partial charge in [0.15, 0.2) is 11.6 Å². The number of hydrogen-bond acceptors (Lipinski definition) is 3. The molecule has 3 N–H and O–H groups in total. The maximum Gasteiger partial charge on any atom is 0.166 e.